The number of allylic oxidation sites excluding steroid dienone is 1. The van der Waals surface area contributed by atoms with E-state index >= 15 is 0 Å². The van der Waals surface area contributed by atoms with Crippen LogP contribution >= 0.6 is 12.4 Å². The Labute approximate surface area is 140 Å². The summed E-state index contributed by atoms with van der Waals surface area (Å²) in [7, 11) is 1.69. The van der Waals surface area contributed by atoms with Crippen molar-refractivity contribution in [1.82, 2.24) is 5.32 Å². The van der Waals surface area contributed by atoms with Gasteiger partial charge in [0, 0.05) is 12.1 Å². The Bertz CT molecular complexity index is 474. The van der Waals surface area contributed by atoms with Crippen molar-refractivity contribution in [3.05, 3.63) is 35.4 Å². The zero-order chi connectivity index (χ0) is 14.9. The third-order valence-electron chi connectivity index (χ3n) is 3.89. The summed E-state index contributed by atoms with van der Waals surface area (Å²) >= 11 is 0. The molecule has 22 heavy (non-hydrogen) atoms. The molecule has 0 aliphatic heterocycles. The molecule has 0 fully saturated rings. The van der Waals surface area contributed by atoms with Crippen molar-refractivity contribution in [3.63, 3.8) is 0 Å². The van der Waals surface area contributed by atoms with Gasteiger partial charge in [0.1, 0.15) is 0 Å². The highest BCUT2D eigenvalue weighted by Gasteiger charge is 2.10. The summed E-state index contributed by atoms with van der Waals surface area (Å²) in [5.41, 5.74) is 2.78. The molecular formula is C18H28ClNO2. The lowest BCUT2D eigenvalue weighted by atomic mass is 9.97. The van der Waals surface area contributed by atoms with Crippen LogP contribution < -0.4 is 14.8 Å². The van der Waals surface area contributed by atoms with Crippen LogP contribution in [0.1, 0.15) is 44.6 Å². The van der Waals surface area contributed by atoms with Gasteiger partial charge in [-0.3, -0.25) is 0 Å². The zero-order valence-corrected chi connectivity index (χ0v) is 14.5. The van der Waals surface area contributed by atoms with E-state index in [0.717, 1.165) is 36.6 Å². The fourth-order valence-electron chi connectivity index (χ4n) is 2.77. The molecule has 4 heteroatoms. The van der Waals surface area contributed by atoms with E-state index in [1.165, 1.54) is 25.7 Å². The number of hydrogen-bond donors (Lipinski definition) is 1. The first-order chi connectivity index (χ1) is 10.3. The van der Waals surface area contributed by atoms with E-state index in [1.807, 2.05) is 19.1 Å². The van der Waals surface area contributed by atoms with Crippen molar-refractivity contribution in [2.24, 2.45) is 0 Å². The van der Waals surface area contributed by atoms with E-state index in [-0.39, 0.29) is 12.4 Å². The molecule has 0 heterocycles. The van der Waals surface area contributed by atoms with Crippen LogP contribution in [0.5, 0.6) is 11.5 Å². The largest absolute Gasteiger partial charge is 0.493 e. The van der Waals surface area contributed by atoms with Gasteiger partial charge in [-0.2, -0.15) is 0 Å². The van der Waals surface area contributed by atoms with Crippen molar-refractivity contribution in [2.75, 3.05) is 20.3 Å². The second kappa shape index (κ2) is 10.5. The van der Waals surface area contributed by atoms with Gasteiger partial charge in [-0.05, 0) is 51.6 Å². The third-order valence-corrected chi connectivity index (χ3v) is 3.89. The van der Waals surface area contributed by atoms with Crippen LogP contribution in [0.4, 0.5) is 0 Å². The van der Waals surface area contributed by atoms with Gasteiger partial charge in [-0.1, -0.05) is 23.8 Å². The summed E-state index contributed by atoms with van der Waals surface area (Å²) in [5.74, 6) is 1.68. The SMILES string of the molecule is CCOc1c(CNCCC2=CCCCC2)cccc1OC.Cl. The molecule has 1 aliphatic carbocycles. The lowest BCUT2D eigenvalue weighted by Gasteiger charge is -2.15. The highest BCUT2D eigenvalue weighted by molar-refractivity contribution is 5.85. The van der Waals surface area contributed by atoms with Gasteiger partial charge in [0.15, 0.2) is 11.5 Å². The fraction of sp³-hybridized carbons (Fsp3) is 0.556. The molecule has 0 bridgehead atoms. The molecule has 1 aliphatic rings. The van der Waals surface area contributed by atoms with Gasteiger partial charge in [0.25, 0.3) is 0 Å². The minimum Gasteiger partial charge on any atom is -0.493 e. The lowest BCUT2D eigenvalue weighted by Crippen LogP contribution is -2.16. The number of methoxy groups -OCH3 is 1. The van der Waals surface area contributed by atoms with Gasteiger partial charge >= 0.3 is 0 Å². The van der Waals surface area contributed by atoms with E-state index < -0.39 is 0 Å². The van der Waals surface area contributed by atoms with Crippen molar-refractivity contribution in [1.29, 1.82) is 0 Å². The summed E-state index contributed by atoms with van der Waals surface area (Å²) in [6.07, 6.45) is 8.84. The molecule has 0 unspecified atom stereocenters. The molecule has 0 radical (unpaired) electrons. The molecule has 1 N–H and O–H groups in total. The Morgan fingerprint density at radius 2 is 2.09 bits per heavy atom. The maximum atomic E-state index is 5.73. The van der Waals surface area contributed by atoms with E-state index in [0.29, 0.717) is 6.61 Å². The Morgan fingerprint density at radius 1 is 1.23 bits per heavy atom. The Balaban J connectivity index is 0.00000242. The number of halogens is 1. The van der Waals surface area contributed by atoms with Gasteiger partial charge in [0.05, 0.1) is 13.7 Å². The summed E-state index contributed by atoms with van der Waals surface area (Å²) in [6, 6.07) is 6.06. The molecule has 3 nitrogen and oxygen atoms in total. The number of ether oxygens (including phenoxy) is 2. The normalized spacial score (nSPS) is 14.0. The van der Waals surface area contributed by atoms with Crippen molar-refractivity contribution < 1.29 is 9.47 Å². The first-order valence-electron chi connectivity index (χ1n) is 8.02. The fourth-order valence-corrected chi connectivity index (χ4v) is 2.77. The molecule has 1 aromatic carbocycles. The topological polar surface area (TPSA) is 30.5 Å². The van der Waals surface area contributed by atoms with Crippen molar-refractivity contribution in [2.45, 2.75) is 45.6 Å². The Kier molecular flexibility index (Phi) is 9.02. The van der Waals surface area contributed by atoms with E-state index in [2.05, 4.69) is 17.5 Å². The van der Waals surface area contributed by atoms with Crippen LogP contribution in [0.25, 0.3) is 0 Å². The minimum absolute atomic E-state index is 0. The quantitative estimate of drug-likeness (QED) is 0.564. The van der Waals surface area contributed by atoms with E-state index in [9.17, 15) is 0 Å². The second-order valence-corrected chi connectivity index (χ2v) is 5.42. The molecule has 1 aromatic rings. The number of hydrogen-bond acceptors (Lipinski definition) is 3. The first kappa shape index (κ1) is 18.9. The average Bonchev–Trinajstić information content (AvgIpc) is 2.54. The molecule has 0 atom stereocenters. The maximum absolute atomic E-state index is 5.73. The molecular weight excluding hydrogens is 298 g/mol. The van der Waals surface area contributed by atoms with Crippen LogP contribution in [-0.4, -0.2) is 20.3 Å². The van der Waals surface area contributed by atoms with Crippen LogP contribution in [0.3, 0.4) is 0 Å². The highest BCUT2D eigenvalue weighted by atomic mass is 35.5. The van der Waals surface area contributed by atoms with Crippen LogP contribution in [0, 0.1) is 0 Å². The summed E-state index contributed by atoms with van der Waals surface area (Å²) in [5, 5.41) is 3.52. The standard InChI is InChI=1S/C18H27NO2.ClH/c1-3-21-18-16(10-7-11-17(18)20-2)14-19-13-12-15-8-5-4-6-9-15;/h7-8,10-11,19H,3-6,9,12-14H2,1-2H3;1H. The monoisotopic (exact) mass is 325 g/mol. The van der Waals surface area contributed by atoms with Gasteiger partial charge in [-0.25, -0.2) is 0 Å². The van der Waals surface area contributed by atoms with Crippen LogP contribution in [0.2, 0.25) is 0 Å². The van der Waals surface area contributed by atoms with Crippen LogP contribution in [-0.2, 0) is 6.54 Å². The zero-order valence-electron chi connectivity index (χ0n) is 13.7. The summed E-state index contributed by atoms with van der Waals surface area (Å²) in [4.78, 5) is 0. The molecule has 0 saturated carbocycles. The highest BCUT2D eigenvalue weighted by Crippen LogP contribution is 2.31. The van der Waals surface area contributed by atoms with Crippen molar-refractivity contribution in [3.8, 4) is 11.5 Å². The first-order valence-corrected chi connectivity index (χ1v) is 8.02. The third kappa shape index (κ3) is 5.54. The molecule has 0 amide bonds. The van der Waals surface area contributed by atoms with Gasteiger partial charge < -0.3 is 14.8 Å². The van der Waals surface area contributed by atoms with Crippen molar-refractivity contribution >= 4 is 12.4 Å². The average molecular weight is 326 g/mol. The number of benzene rings is 1. The lowest BCUT2D eigenvalue weighted by molar-refractivity contribution is 0.307. The van der Waals surface area contributed by atoms with E-state index in [4.69, 9.17) is 9.47 Å². The van der Waals surface area contributed by atoms with Gasteiger partial charge in [0.2, 0.25) is 0 Å². The molecule has 124 valence electrons. The summed E-state index contributed by atoms with van der Waals surface area (Å²) in [6.45, 7) is 4.49. The number of rotatable bonds is 8. The summed E-state index contributed by atoms with van der Waals surface area (Å²) < 4.78 is 11.1. The molecule has 0 spiro atoms. The predicted octanol–water partition coefficient (Wildman–Crippen LogP) is 4.50. The Morgan fingerprint density at radius 3 is 2.77 bits per heavy atom. The van der Waals surface area contributed by atoms with E-state index in [1.54, 1.807) is 12.7 Å². The minimum atomic E-state index is 0. The molecule has 0 saturated heterocycles. The predicted molar refractivity (Wildman–Crippen MR) is 94.3 cm³/mol. The number of nitrogens with one attached hydrogen (secondary N) is 1. The second-order valence-electron chi connectivity index (χ2n) is 5.42. The van der Waals surface area contributed by atoms with Gasteiger partial charge in [-0.15, -0.1) is 12.4 Å². The smallest absolute Gasteiger partial charge is 0.165 e. The molecule has 0 aromatic heterocycles. The molecule has 2 rings (SSSR count). The van der Waals surface area contributed by atoms with Crippen LogP contribution in [0.15, 0.2) is 29.8 Å². The Hall–Kier alpha value is -1.19. The maximum Gasteiger partial charge on any atom is 0.165 e. The number of para-hydroxylation sites is 1.